The van der Waals surface area contributed by atoms with Crippen molar-refractivity contribution < 1.29 is 32.4 Å². The second-order valence-electron chi connectivity index (χ2n) is 13.2. The number of nitrogens with two attached hydrogens (primary N) is 1. The molecule has 1 aromatic heterocycles. The van der Waals surface area contributed by atoms with Crippen LogP contribution in [-0.4, -0.2) is 85.7 Å². The molecule has 1 saturated heterocycles. The second-order valence-corrected chi connectivity index (χ2v) is 15.3. The number of aromatic nitrogens is 1. The number of nitrogens with zero attached hydrogens (tertiary/aromatic N) is 3. The van der Waals surface area contributed by atoms with Crippen molar-refractivity contribution in [3.05, 3.63) is 96.1 Å². The molecule has 1 unspecified atom stereocenters. The Balaban J connectivity index is 0.866. The van der Waals surface area contributed by atoms with E-state index < -0.39 is 39.5 Å². The van der Waals surface area contributed by atoms with Crippen molar-refractivity contribution in [2.45, 2.75) is 43.0 Å². The molecule has 5 amide bonds. The summed E-state index contributed by atoms with van der Waals surface area (Å²) in [6, 6.07) is 23.0. The summed E-state index contributed by atoms with van der Waals surface area (Å²) >= 11 is 0. The molecule has 3 heterocycles. The number of benzene rings is 3. The number of anilines is 3. The Kier molecular flexibility index (Phi) is 12.0. The molecule has 0 bridgehead atoms. The van der Waals surface area contributed by atoms with Crippen molar-refractivity contribution in [1.82, 2.24) is 20.5 Å². The Labute approximate surface area is 323 Å². The lowest BCUT2D eigenvalue weighted by atomic mass is 10.0. The molecule has 0 aliphatic carbocycles. The molecule has 0 radical (unpaired) electrons. The van der Waals surface area contributed by atoms with E-state index in [9.17, 15) is 32.4 Å². The predicted octanol–water partition coefficient (Wildman–Crippen LogP) is 3.42. The number of hydrogen-bond acceptors (Lipinski definition) is 11. The van der Waals surface area contributed by atoms with Gasteiger partial charge in [-0.1, -0.05) is 18.2 Å². The SMILES string of the molecule is CS(=O)(=O)c1ccc(-c2cccc(N=C(N)Nc3ccc(NCCNC(=O)CCCCNc4ccc5c(c4)C(=O)N(C4CCC(=O)NC4=O)C5=O)cc3)n2)cc1. The average molecular weight is 780 g/mol. The number of carbonyl (C=O) groups is 5. The van der Waals surface area contributed by atoms with Crippen LogP contribution in [0.15, 0.2) is 94.8 Å². The molecule has 0 spiro atoms. The van der Waals surface area contributed by atoms with Crippen LogP contribution in [0.5, 0.6) is 0 Å². The minimum atomic E-state index is -3.30. The molecule has 17 heteroatoms. The predicted molar refractivity (Wildman–Crippen MR) is 211 cm³/mol. The van der Waals surface area contributed by atoms with Gasteiger partial charge in [0.2, 0.25) is 17.7 Å². The first-order valence-corrected chi connectivity index (χ1v) is 19.8. The number of imide groups is 2. The Morgan fingerprint density at radius 2 is 1.55 bits per heavy atom. The summed E-state index contributed by atoms with van der Waals surface area (Å²) in [4.78, 5) is 72.1. The van der Waals surface area contributed by atoms with E-state index in [0.717, 1.165) is 22.4 Å². The number of piperidine rings is 1. The van der Waals surface area contributed by atoms with Gasteiger partial charge in [0.15, 0.2) is 21.6 Å². The van der Waals surface area contributed by atoms with E-state index >= 15 is 0 Å². The minimum absolute atomic E-state index is 0.0583. The van der Waals surface area contributed by atoms with Crippen molar-refractivity contribution in [2.75, 3.05) is 41.8 Å². The first kappa shape index (κ1) is 39.1. The molecule has 2 aliphatic heterocycles. The molecule has 4 aromatic rings. The van der Waals surface area contributed by atoms with E-state index in [2.05, 4.69) is 36.6 Å². The number of carbonyl (C=O) groups excluding carboxylic acids is 5. The van der Waals surface area contributed by atoms with Crippen LogP contribution in [0.1, 0.15) is 52.8 Å². The first-order chi connectivity index (χ1) is 26.9. The highest BCUT2D eigenvalue weighted by Gasteiger charge is 2.44. The van der Waals surface area contributed by atoms with Gasteiger partial charge in [0.1, 0.15) is 6.04 Å². The second kappa shape index (κ2) is 17.2. The number of rotatable bonds is 15. The zero-order chi connectivity index (χ0) is 39.8. The molecule has 3 aromatic carbocycles. The van der Waals surface area contributed by atoms with Crippen LogP contribution in [0.4, 0.5) is 22.9 Å². The maximum Gasteiger partial charge on any atom is 0.262 e. The molecule has 0 saturated carbocycles. The molecular formula is C39H41N9O7S. The largest absolute Gasteiger partial charge is 0.385 e. The third-order valence-electron chi connectivity index (χ3n) is 9.08. The normalized spacial score (nSPS) is 15.6. The smallest absolute Gasteiger partial charge is 0.262 e. The lowest BCUT2D eigenvalue weighted by Gasteiger charge is -2.27. The highest BCUT2D eigenvalue weighted by Crippen LogP contribution is 2.30. The van der Waals surface area contributed by atoms with Crippen LogP contribution in [0.25, 0.3) is 11.3 Å². The highest BCUT2D eigenvalue weighted by molar-refractivity contribution is 7.90. The standard InChI is InChI=1S/C39H41N9O7S/c1-56(54,55)28-15-8-24(9-16-28)31-5-4-6-33(45-31)46-39(40)44-26-12-10-25(11-13-26)42-21-22-43-34(49)7-2-3-20-41-27-14-17-29-30(23-27)38(53)48(37(29)52)32-18-19-35(50)47-36(32)51/h4-6,8-17,23,32,41-42H,2-3,7,18-22H2,1H3,(H,43,49)(H,47,50,51)(H3,40,44,45,46). The lowest BCUT2D eigenvalue weighted by molar-refractivity contribution is -0.136. The Morgan fingerprint density at radius 1 is 0.857 bits per heavy atom. The van der Waals surface area contributed by atoms with Crippen LogP contribution in [0, 0.1) is 0 Å². The van der Waals surface area contributed by atoms with Crippen LogP contribution >= 0.6 is 0 Å². The Morgan fingerprint density at radius 3 is 2.29 bits per heavy atom. The van der Waals surface area contributed by atoms with E-state index in [1.165, 1.54) is 12.1 Å². The summed E-state index contributed by atoms with van der Waals surface area (Å²) in [7, 11) is -3.30. The van der Waals surface area contributed by atoms with Gasteiger partial charge in [0.05, 0.1) is 21.7 Å². The number of nitrogens with one attached hydrogen (secondary N) is 5. The van der Waals surface area contributed by atoms with E-state index in [-0.39, 0.29) is 40.7 Å². The minimum Gasteiger partial charge on any atom is -0.385 e. The summed E-state index contributed by atoms with van der Waals surface area (Å²) in [5.74, 6) is -1.74. The van der Waals surface area contributed by atoms with Crippen LogP contribution in [0.3, 0.4) is 0 Å². The van der Waals surface area contributed by atoms with Crippen molar-refractivity contribution in [3.63, 3.8) is 0 Å². The molecule has 290 valence electrons. The van der Waals surface area contributed by atoms with Crippen molar-refractivity contribution in [1.29, 1.82) is 0 Å². The molecule has 56 heavy (non-hydrogen) atoms. The fourth-order valence-corrected chi connectivity index (χ4v) is 6.84. The quantitative estimate of drug-likeness (QED) is 0.0441. The number of hydrogen-bond donors (Lipinski definition) is 6. The molecule has 1 atom stereocenters. The van der Waals surface area contributed by atoms with Gasteiger partial charge in [0.25, 0.3) is 11.8 Å². The number of aliphatic imine (C=N–C) groups is 1. The monoisotopic (exact) mass is 779 g/mol. The van der Waals surface area contributed by atoms with Gasteiger partial charge in [0, 0.05) is 61.4 Å². The average Bonchev–Trinajstić information content (AvgIpc) is 3.41. The fourth-order valence-electron chi connectivity index (χ4n) is 6.21. The Bertz CT molecular complexity index is 2300. The number of fused-ring (bicyclic) bond motifs is 1. The van der Waals surface area contributed by atoms with Crippen LogP contribution in [-0.2, 0) is 24.2 Å². The first-order valence-electron chi connectivity index (χ1n) is 17.9. The van der Waals surface area contributed by atoms with Gasteiger partial charge in [-0.15, -0.1) is 0 Å². The number of unbranched alkanes of at least 4 members (excludes halogenated alkanes) is 1. The van der Waals surface area contributed by atoms with E-state index in [0.29, 0.717) is 61.8 Å². The van der Waals surface area contributed by atoms with E-state index in [1.54, 1.807) is 48.5 Å². The van der Waals surface area contributed by atoms with E-state index in [4.69, 9.17) is 5.73 Å². The summed E-state index contributed by atoms with van der Waals surface area (Å²) in [6.45, 7) is 1.50. The molecule has 16 nitrogen and oxygen atoms in total. The number of pyridine rings is 1. The maximum absolute atomic E-state index is 13.0. The number of amides is 5. The summed E-state index contributed by atoms with van der Waals surface area (Å²) in [5.41, 5.74) is 10.1. The number of guanidine groups is 1. The summed E-state index contributed by atoms with van der Waals surface area (Å²) < 4.78 is 23.5. The van der Waals surface area contributed by atoms with E-state index in [1.807, 2.05) is 24.3 Å². The van der Waals surface area contributed by atoms with Crippen molar-refractivity contribution in [2.24, 2.45) is 10.7 Å². The fraction of sp³-hybridized carbons (Fsp3) is 0.256. The molecule has 6 rings (SSSR count). The van der Waals surface area contributed by atoms with Crippen LogP contribution in [0.2, 0.25) is 0 Å². The van der Waals surface area contributed by atoms with Gasteiger partial charge >= 0.3 is 0 Å². The topological polar surface area (TPSA) is 234 Å². The summed E-state index contributed by atoms with van der Waals surface area (Å²) in [6.07, 6.45) is 3.00. The van der Waals surface area contributed by atoms with Gasteiger partial charge in [-0.2, -0.15) is 4.99 Å². The third-order valence-corrected chi connectivity index (χ3v) is 10.2. The Hall–Kier alpha value is -6.62. The van der Waals surface area contributed by atoms with Gasteiger partial charge < -0.3 is 27.0 Å². The molecule has 2 aliphatic rings. The van der Waals surface area contributed by atoms with Gasteiger partial charge in [-0.05, 0) is 86.0 Å². The highest BCUT2D eigenvalue weighted by atomic mass is 32.2. The van der Waals surface area contributed by atoms with Crippen molar-refractivity contribution in [3.8, 4) is 11.3 Å². The molecular weight excluding hydrogens is 739 g/mol. The van der Waals surface area contributed by atoms with Crippen molar-refractivity contribution >= 4 is 68.2 Å². The zero-order valence-electron chi connectivity index (χ0n) is 30.5. The molecule has 7 N–H and O–H groups in total. The molecule has 1 fully saturated rings. The number of sulfone groups is 1. The zero-order valence-corrected chi connectivity index (χ0v) is 31.3. The van der Waals surface area contributed by atoms with Crippen LogP contribution < -0.4 is 32.3 Å². The van der Waals surface area contributed by atoms with Gasteiger partial charge in [-0.3, -0.25) is 34.2 Å². The third kappa shape index (κ3) is 9.72. The van der Waals surface area contributed by atoms with Gasteiger partial charge in [-0.25, -0.2) is 13.4 Å². The lowest BCUT2D eigenvalue weighted by Crippen LogP contribution is -2.54. The summed E-state index contributed by atoms with van der Waals surface area (Å²) in [5, 5.41) is 14.6. The maximum atomic E-state index is 13.0.